The molecule has 0 aliphatic carbocycles. The highest BCUT2D eigenvalue weighted by molar-refractivity contribution is 6.06. The second kappa shape index (κ2) is 7.62. The molecule has 1 amide bonds. The first-order chi connectivity index (χ1) is 10.6. The van der Waals surface area contributed by atoms with Gasteiger partial charge in [-0.3, -0.25) is 4.79 Å². The third kappa shape index (κ3) is 4.34. The van der Waals surface area contributed by atoms with Crippen LogP contribution in [0.15, 0.2) is 30.0 Å². The number of rotatable bonds is 5. The summed E-state index contributed by atoms with van der Waals surface area (Å²) in [5.41, 5.74) is 2.87. The molecular formula is C17H21N3O2. The van der Waals surface area contributed by atoms with Crippen LogP contribution in [0.5, 0.6) is 0 Å². The van der Waals surface area contributed by atoms with Gasteiger partial charge in [-0.15, -0.1) is 0 Å². The Hall–Kier alpha value is -2.32. The highest BCUT2D eigenvalue weighted by Crippen LogP contribution is 2.16. The third-order valence-corrected chi connectivity index (χ3v) is 3.61. The van der Waals surface area contributed by atoms with Gasteiger partial charge in [-0.05, 0) is 38.3 Å². The fraction of sp³-hybridized carbons (Fsp3) is 0.412. The molecular weight excluding hydrogens is 278 g/mol. The SMILES string of the molecule is Cc1ccc(NC(=O)/C(C#N)=C\NCC2CCCO2)c(C)c1. The fourth-order valence-electron chi connectivity index (χ4n) is 2.39. The highest BCUT2D eigenvalue weighted by atomic mass is 16.5. The van der Waals surface area contributed by atoms with E-state index in [1.54, 1.807) is 0 Å². The van der Waals surface area contributed by atoms with Gasteiger partial charge in [-0.2, -0.15) is 5.26 Å². The Bertz CT molecular complexity index is 611. The van der Waals surface area contributed by atoms with Crippen LogP contribution in [0.3, 0.4) is 0 Å². The van der Waals surface area contributed by atoms with E-state index < -0.39 is 5.91 Å². The summed E-state index contributed by atoms with van der Waals surface area (Å²) in [6, 6.07) is 7.68. The largest absolute Gasteiger partial charge is 0.387 e. The predicted octanol–water partition coefficient (Wildman–Crippen LogP) is 2.42. The molecule has 1 saturated heterocycles. The molecule has 1 heterocycles. The number of nitrogens with one attached hydrogen (secondary N) is 2. The van der Waals surface area contributed by atoms with Gasteiger partial charge in [0.25, 0.3) is 5.91 Å². The lowest BCUT2D eigenvalue weighted by Gasteiger charge is -2.10. The second-order valence-corrected chi connectivity index (χ2v) is 5.49. The number of carbonyl (C=O) groups is 1. The van der Waals surface area contributed by atoms with Crippen LogP contribution in [0, 0.1) is 25.2 Å². The van der Waals surface area contributed by atoms with Crippen molar-refractivity contribution in [3.63, 3.8) is 0 Å². The Morgan fingerprint density at radius 2 is 2.32 bits per heavy atom. The maximum Gasteiger partial charge on any atom is 0.267 e. The van der Waals surface area contributed by atoms with Crippen LogP contribution in [0.1, 0.15) is 24.0 Å². The molecule has 0 spiro atoms. The predicted molar refractivity (Wildman–Crippen MR) is 85.2 cm³/mol. The molecule has 1 unspecified atom stereocenters. The Labute approximate surface area is 131 Å². The quantitative estimate of drug-likeness (QED) is 0.647. The highest BCUT2D eigenvalue weighted by Gasteiger charge is 2.15. The van der Waals surface area contributed by atoms with E-state index in [1.807, 2.05) is 38.1 Å². The zero-order valence-electron chi connectivity index (χ0n) is 13.0. The Balaban J connectivity index is 1.94. The van der Waals surface area contributed by atoms with Gasteiger partial charge < -0.3 is 15.4 Å². The lowest BCUT2D eigenvalue weighted by atomic mass is 10.1. The van der Waals surface area contributed by atoms with Crippen molar-refractivity contribution in [3.05, 3.63) is 41.1 Å². The molecule has 1 fully saturated rings. The molecule has 2 N–H and O–H groups in total. The summed E-state index contributed by atoms with van der Waals surface area (Å²) in [4.78, 5) is 12.1. The van der Waals surface area contributed by atoms with Gasteiger partial charge in [0.1, 0.15) is 11.6 Å². The maximum atomic E-state index is 12.1. The summed E-state index contributed by atoms with van der Waals surface area (Å²) in [6.07, 6.45) is 3.70. The summed E-state index contributed by atoms with van der Waals surface area (Å²) >= 11 is 0. The first-order valence-corrected chi connectivity index (χ1v) is 7.44. The Kier molecular flexibility index (Phi) is 5.56. The number of hydrogen-bond acceptors (Lipinski definition) is 4. The van der Waals surface area contributed by atoms with E-state index in [2.05, 4.69) is 10.6 Å². The smallest absolute Gasteiger partial charge is 0.267 e. The third-order valence-electron chi connectivity index (χ3n) is 3.61. The number of nitriles is 1. The Morgan fingerprint density at radius 1 is 1.50 bits per heavy atom. The van der Waals surface area contributed by atoms with E-state index >= 15 is 0 Å². The van der Waals surface area contributed by atoms with E-state index in [-0.39, 0.29) is 11.7 Å². The van der Waals surface area contributed by atoms with Gasteiger partial charge in [0, 0.05) is 25.0 Å². The van der Waals surface area contributed by atoms with Crippen LogP contribution < -0.4 is 10.6 Å². The van der Waals surface area contributed by atoms with Crippen LogP contribution in [0.4, 0.5) is 5.69 Å². The topological polar surface area (TPSA) is 74.2 Å². The van der Waals surface area contributed by atoms with Gasteiger partial charge in [-0.25, -0.2) is 0 Å². The van der Waals surface area contributed by atoms with Crippen LogP contribution in [0.25, 0.3) is 0 Å². The molecule has 116 valence electrons. The molecule has 1 aliphatic heterocycles. The van der Waals surface area contributed by atoms with Crippen molar-refractivity contribution in [1.29, 1.82) is 5.26 Å². The van der Waals surface area contributed by atoms with Crippen molar-refractivity contribution < 1.29 is 9.53 Å². The maximum absolute atomic E-state index is 12.1. The van der Waals surface area contributed by atoms with E-state index in [4.69, 9.17) is 10.00 Å². The van der Waals surface area contributed by atoms with Crippen molar-refractivity contribution in [2.24, 2.45) is 0 Å². The molecule has 1 aliphatic rings. The van der Waals surface area contributed by atoms with Crippen molar-refractivity contribution in [2.75, 3.05) is 18.5 Å². The van der Waals surface area contributed by atoms with E-state index in [1.165, 1.54) is 6.20 Å². The minimum Gasteiger partial charge on any atom is -0.387 e. The molecule has 5 nitrogen and oxygen atoms in total. The van der Waals surface area contributed by atoms with Crippen molar-refractivity contribution >= 4 is 11.6 Å². The molecule has 1 atom stereocenters. The molecule has 1 aromatic carbocycles. The number of benzene rings is 1. The lowest BCUT2D eigenvalue weighted by molar-refractivity contribution is -0.112. The first-order valence-electron chi connectivity index (χ1n) is 7.44. The summed E-state index contributed by atoms with van der Waals surface area (Å²) in [5, 5.41) is 14.9. The number of amides is 1. The fourth-order valence-corrected chi connectivity index (χ4v) is 2.39. The summed E-state index contributed by atoms with van der Waals surface area (Å²) < 4.78 is 5.48. The van der Waals surface area contributed by atoms with Crippen molar-refractivity contribution in [3.8, 4) is 6.07 Å². The molecule has 0 aromatic heterocycles. The van der Waals surface area contributed by atoms with Crippen molar-refractivity contribution in [2.45, 2.75) is 32.8 Å². The van der Waals surface area contributed by atoms with E-state index in [0.717, 1.165) is 36.3 Å². The summed E-state index contributed by atoms with van der Waals surface area (Å²) in [6.45, 7) is 5.32. The normalized spacial score (nSPS) is 17.9. The van der Waals surface area contributed by atoms with E-state index in [0.29, 0.717) is 6.54 Å². The first kappa shape index (κ1) is 16.1. The molecule has 0 radical (unpaired) electrons. The van der Waals surface area contributed by atoms with Gasteiger partial charge in [0.2, 0.25) is 0 Å². The number of carbonyl (C=O) groups excluding carboxylic acids is 1. The Morgan fingerprint density at radius 3 is 2.95 bits per heavy atom. The van der Waals surface area contributed by atoms with Gasteiger partial charge in [0.15, 0.2) is 0 Å². The lowest BCUT2D eigenvalue weighted by Crippen LogP contribution is -2.24. The van der Waals surface area contributed by atoms with Crippen LogP contribution >= 0.6 is 0 Å². The molecule has 5 heteroatoms. The number of anilines is 1. The number of aryl methyl sites for hydroxylation is 2. The van der Waals surface area contributed by atoms with Gasteiger partial charge in [-0.1, -0.05) is 17.7 Å². The zero-order chi connectivity index (χ0) is 15.9. The average Bonchev–Trinajstić information content (AvgIpc) is 2.99. The summed E-state index contributed by atoms with van der Waals surface area (Å²) in [7, 11) is 0. The number of ether oxygens (including phenoxy) is 1. The number of nitrogens with zero attached hydrogens (tertiary/aromatic N) is 1. The zero-order valence-corrected chi connectivity index (χ0v) is 13.0. The minimum atomic E-state index is -0.408. The van der Waals surface area contributed by atoms with Crippen molar-refractivity contribution in [1.82, 2.24) is 5.32 Å². The standard InChI is InChI=1S/C17H21N3O2/c1-12-5-6-16(13(2)8-12)20-17(21)14(9-18)10-19-11-15-4-3-7-22-15/h5-6,8,10,15,19H,3-4,7,11H2,1-2H3,(H,20,21)/b14-10-. The minimum absolute atomic E-state index is 0.0537. The van der Waals surface area contributed by atoms with Crippen LogP contribution in [-0.2, 0) is 9.53 Å². The van der Waals surface area contributed by atoms with Crippen LogP contribution in [0.2, 0.25) is 0 Å². The average molecular weight is 299 g/mol. The summed E-state index contributed by atoms with van der Waals surface area (Å²) in [5.74, 6) is -0.408. The molecule has 22 heavy (non-hydrogen) atoms. The van der Waals surface area contributed by atoms with Crippen LogP contribution in [-0.4, -0.2) is 25.2 Å². The molecule has 0 bridgehead atoms. The molecule has 2 rings (SSSR count). The van der Waals surface area contributed by atoms with Gasteiger partial charge >= 0.3 is 0 Å². The number of hydrogen-bond donors (Lipinski definition) is 2. The molecule has 0 saturated carbocycles. The molecule has 1 aromatic rings. The second-order valence-electron chi connectivity index (χ2n) is 5.49. The monoisotopic (exact) mass is 299 g/mol. The van der Waals surface area contributed by atoms with Gasteiger partial charge in [0.05, 0.1) is 6.10 Å². The van der Waals surface area contributed by atoms with E-state index in [9.17, 15) is 4.79 Å².